The van der Waals surface area contributed by atoms with E-state index in [0.717, 1.165) is 25.7 Å². The number of aliphatic hydroxyl groups excluding tert-OH is 2. The zero-order valence-corrected chi connectivity index (χ0v) is 25.5. The van der Waals surface area contributed by atoms with E-state index < -0.39 is 29.7 Å². The molecule has 3 aliphatic heterocycles. The number of hydrogen-bond donors (Lipinski definition) is 3. The average molecular weight is 583 g/mol. The van der Waals surface area contributed by atoms with Gasteiger partial charge in [-0.25, -0.2) is 0 Å². The fourth-order valence-electron chi connectivity index (χ4n) is 7.52. The molecule has 7 nitrogen and oxygen atoms in total. The molecule has 7 heteroatoms. The Kier molecular flexibility index (Phi) is 10.3. The first kappa shape index (κ1) is 31.4. The summed E-state index contributed by atoms with van der Waals surface area (Å²) in [5, 5.41) is 33.6. The highest BCUT2D eigenvalue weighted by atomic mass is 16.6. The van der Waals surface area contributed by atoms with Crippen LogP contribution in [0, 0.1) is 17.8 Å². The average Bonchev–Trinajstić information content (AvgIpc) is 3.30. The van der Waals surface area contributed by atoms with Gasteiger partial charge in [0.15, 0.2) is 0 Å². The van der Waals surface area contributed by atoms with Crippen LogP contribution in [-0.2, 0) is 19.0 Å². The van der Waals surface area contributed by atoms with Crippen molar-refractivity contribution < 1.29 is 34.3 Å². The number of carbonyl (C=O) groups is 1. The van der Waals surface area contributed by atoms with E-state index in [2.05, 4.69) is 26.0 Å². The molecule has 0 aromatic heterocycles. The topological polar surface area (TPSA) is 105 Å². The maximum absolute atomic E-state index is 13.8. The molecular formula is C35H50O7. The smallest absolute Gasteiger partial charge is 0.316 e. The fraction of sp³-hybridized carbons (Fsp3) is 0.686. The lowest BCUT2D eigenvalue weighted by molar-refractivity contribution is -0.175. The predicted octanol–water partition coefficient (Wildman–Crippen LogP) is 5.26. The van der Waals surface area contributed by atoms with Crippen molar-refractivity contribution in [2.75, 3.05) is 6.61 Å². The molecule has 1 saturated carbocycles. The second kappa shape index (κ2) is 13.7. The standard InChI is InChI=1S/C35H50O7/c1-22-9-7-12-26-21-40-33-32(37)24(3)18-30(35(26,33)39)34(38)42-29-19-27(41-28(20-29)16-15-23(2)17-22)13-8-14-31(36)25-10-5-4-6-11-25/h7-9,12-13,15,18,22,25,27-33,36-37,39H,4-6,10-11,14,16-17,19-21H2,1-3H3/b9-7+,13-8-,23-15+,26-12+/t22-,27?,28+,29?,30?,31?,32?,33+,35+/m0/s1. The van der Waals surface area contributed by atoms with Crippen LogP contribution >= 0.6 is 0 Å². The molecule has 0 aromatic carbocycles. The van der Waals surface area contributed by atoms with Crippen LogP contribution in [-0.4, -0.2) is 70.1 Å². The first-order valence-electron chi connectivity index (χ1n) is 16.1. The summed E-state index contributed by atoms with van der Waals surface area (Å²) >= 11 is 0. The van der Waals surface area contributed by atoms with Gasteiger partial charge in [-0.2, -0.15) is 0 Å². The first-order valence-corrected chi connectivity index (χ1v) is 16.1. The molecular weight excluding hydrogens is 532 g/mol. The van der Waals surface area contributed by atoms with Gasteiger partial charge in [-0.1, -0.05) is 74.3 Å². The summed E-state index contributed by atoms with van der Waals surface area (Å²) in [4.78, 5) is 13.8. The van der Waals surface area contributed by atoms with E-state index in [0.29, 0.717) is 36.3 Å². The number of hydrogen-bond acceptors (Lipinski definition) is 7. The Morgan fingerprint density at radius 3 is 2.71 bits per heavy atom. The van der Waals surface area contributed by atoms with Crippen molar-refractivity contribution in [2.45, 2.75) is 127 Å². The molecule has 0 radical (unpaired) electrons. The summed E-state index contributed by atoms with van der Waals surface area (Å²) in [6.45, 7) is 6.19. The number of esters is 1. The van der Waals surface area contributed by atoms with Gasteiger partial charge in [-0.15, -0.1) is 0 Å². The molecule has 0 aromatic rings. The van der Waals surface area contributed by atoms with Gasteiger partial charge in [-0.3, -0.25) is 4.79 Å². The third-order valence-electron chi connectivity index (χ3n) is 9.98. The number of ether oxygens (including phenoxy) is 3. The summed E-state index contributed by atoms with van der Waals surface area (Å²) in [5.41, 5.74) is 0.753. The minimum atomic E-state index is -1.68. The van der Waals surface area contributed by atoms with Crippen LogP contribution in [0.15, 0.2) is 59.3 Å². The SMILES string of the molecule is CC1=CC2C(=O)OC3CC(/C=C\CC(O)C4CCCCC4)O[C@H](C/C=C(\C)C[C@@H](C)/C=C/C=C4\CO[C@H](C1O)[C@@]42O)C3. The number of aliphatic hydroxyl groups is 3. The Morgan fingerprint density at radius 1 is 1.14 bits per heavy atom. The molecule has 3 heterocycles. The van der Waals surface area contributed by atoms with E-state index in [1.807, 2.05) is 24.3 Å². The molecule has 3 fully saturated rings. The summed E-state index contributed by atoms with van der Waals surface area (Å²) in [5.74, 6) is -0.846. The molecule has 2 saturated heterocycles. The molecule has 3 N–H and O–H groups in total. The normalized spacial score (nSPS) is 42.5. The summed E-state index contributed by atoms with van der Waals surface area (Å²) in [6, 6.07) is 0. The monoisotopic (exact) mass is 582 g/mol. The van der Waals surface area contributed by atoms with Gasteiger partial charge in [0.05, 0.1) is 24.9 Å². The Bertz CT molecular complexity index is 1110. The van der Waals surface area contributed by atoms with E-state index in [1.165, 1.54) is 24.8 Å². The van der Waals surface area contributed by atoms with E-state index in [4.69, 9.17) is 14.2 Å². The Morgan fingerprint density at radius 2 is 1.93 bits per heavy atom. The Labute approximate surface area is 251 Å². The van der Waals surface area contributed by atoms with E-state index in [9.17, 15) is 20.1 Å². The van der Waals surface area contributed by atoms with Crippen LogP contribution in [0.1, 0.15) is 85.0 Å². The number of allylic oxidation sites excluding steroid dienone is 4. The molecule has 2 aliphatic carbocycles. The maximum atomic E-state index is 13.8. The highest BCUT2D eigenvalue weighted by Crippen LogP contribution is 2.45. The minimum Gasteiger partial charge on any atom is -0.462 e. The van der Waals surface area contributed by atoms with Gasteiger partial charge in [0.25, 0.3) is 0 Å². The lowest BCUT2D eigenvalue weighted by Crippen LogP contribution is -2.57. The molecule has 5 rings (SSSR count). The number of fused-ring (bicyclic) bond motifs is 2. The van der Waals surface area contributed by atoms with Gasteiger partial charge >= 0.3 is 5.97 Å². The van der Waals surface area contributed by atoms with Gasteiger partial charge in [0.1, 0.15) is 29.8 Å². The van der Waals surface area contributed by atoms with Crippen molar-refractivity contribution in [3.63, 3.8) is 0 Å². The van der Waals surface area contributed by atoms with Crippen LogP contribution < -0.4 is 0 Å². The summed E-state index contributed by atoms with van der Waals surface area (Å²) < 4.78 is 18.5. The van der Waals surface area contributed by atoms with Crippen LogP contribution in [0.4, 0.5) is 0 Å². The van der Waals surface area contributed by atoms with Gasteiger partial charge in [0.2, 0.25) is 0 Å². The third kappa shape index (κ3) is 7.02. The molecule has 42 heavy (non-hydrogen) atoms. The van der Waals surface area contributed by atoms with Gasteiger partial charge in [-0.05, 0) is 68.9 Å². The number of carbonyl (C=O) groups excluding carboxylic acids is 1. The molecule has 0 spiro atoms. The van der Waals surface area contributed by atoms with Crippen molar-refractivity contribution in [3.8, 4) is 0 Å². The first-order chi connectivity index (χ1) is 20.1. The van der Waals surface area contributed by atoms with Gasteiger partial charge in [0, 0.05) is 12.8 Å². The predicted molar refractivity (Wildman–Crippen MR) is 161 cm³/mol. The molecule has 5 aliphatic rings. The molecule has 9 atom stereocenters. The van der Waals surface area contributed by atoms with Crippen LogP contribution in [0.2, 0.25) is 0 Å². The summed E-state index contributed by atoms with van der Waals surface area (Å²) in [6.07, 6.45) is 19.9. The maximum Gasteiger partial charge on any atom is 0.316 e. The van der Waals surface area contributed by atoms with Crippen molar-refractivity contribution in [1.29, 1.82) is 0 Å². The Hall–Kier alpha value is -2.03. The fourth-order valence-corrected chi connectivity index (χ4v) is 7.52. The highest BCUT2D eigenvalue weighted by molar-refractivity contribution is 5.78. The molecule has 5 unspecified atom stereocenters. The quantitative estimate of drug-likeness (QED) is 0.307. The van der Waals surface area contributed by atoms with E-state index in [1.54, 1.807) is 13.0 Å². The van der Waals surface area contributed by atoms with Crippen molar-refractivity contribution in [1.82, 2.24) is 0 Å². The Balaban J connectivity index is 1.38. The number of rotatable bonds is 4. The molecule has 2 bridgehead atoms. The second-order valence-electron chi connectivity index (χ2n) is 13.4. The molecule has 232 valence electrons. The third-order valence-corrected chi connectivity index (χ3v) is 9.98. The zero-order valence-electron chi connectivity index (χ0n) is 25.5. The largest absolute Gasteiger partial charge is 0.462 e. The molecule has 0 amide bonds. The van der Waals surface area contributed by atoms with Crippen LogP contribution in [0.3, 0.4) is 0 Å². The van der Waals surface area contributed by atoms with E-state index in [-0.39, 0.29) is 36.9 Å². The van der Waals surface area contributed by atoms with Crippen LogP contribution in [0.5, 0.6) is 0 Å². The van der Waals surface area contributed by atoms with E-state index >= 15 is 0 Å². The second-order valence-corrected chi connectivity index (χ2v) is 13.4. The zero-order chi connectivity index (χ0) is 29.9. The highest BCUT2D eigenvalue weighted by Gasteiger charge is 2.59. The van der Waals surface area contributed by atoms with Crippen molar-refractivity contribution in [3.05, 3.63) is 59.3 Å². The minimum absolute atomic E-state index is 0.116. The lowest BCUT2D eigenvalue weighted by atomic mass is 9.71. The van der Waals surface area contributed by atoms with Crippen molar-refractivity contribution in [2.24, 2.45) is 17.8 Å². The lowest BCUT2D eigenvalue weighted by Gasteiger charge is -2.42. The summed E-state index contributed by atoms with van der Waals surface area (Å²) in [7, 11) is 0. The van der Waals surface area contributed by atoms with Crippen LogP contribution in [0.25, 0.3) is 0 Å². The van der Waals surface area contributed by atoms with Gasteiger partial charge < -0.3 is 29.5 Å². The van der Waals surface area contributed by atoms with Crippen molar-refractivity contribution >= 4 is 5.97 Å².